The van der Waals surface area contributed by atoms with Gasteiger partial charge in [-0.05, 0) is 41.7 Å². The molecule has 5 heteroatoms. The zero-order valence-corrected chi connectivity index (χ0v) is 17.5. The summed E-state index contributed by atoms with van der Waals surface area (Å²) in [5.41, 5.74) is 2.29. The van der Waals surface area contributed by atoms with E-state index in [1.54, 1.807) is 4.90 Å². The van der Waals surface area contributed by atoms with Crippen LogP contribution in [0.3, 0.4) is 0 Å². The number of carbonyl (C=O) groups is 1. The molecular formula is C23H27ClN2O2. The van der Waals surface area contributed by atoms with E-state index >= 15 is 0 Å². The van der Waals surface area contributed by atoms with Crippen LogP contribution in [0.15, 0.2) is 53.5 Å². The Kier molecular flexibility index (Phi) is 6.40. The molecule has 2 aromatic carbocycles. The molecule has 0 bridgehead atoms. The minimum absolute atomic E-state index is 0.0721. The molecule has 1 aliphatic heterocycles. The lowest BCUT2D eigenvalue weighted by atomic mass is 9.87. The maximum absolute atomic E-state index is 12.6. The summed E-state index contributed by atoms with van der Waals surface area (Å²) in [6.45, 7) is 8.33. The average molecular weight is 399 g/mol. The molecule has 0 radical (unpaired) electrons. The van der Waals surface area contributed by atoms with Gasteiger partial charge < -0.3 is 4.74 Å². The molecule has 0 N–H and O–H groups in total. The second kappa shape index (κ2) is 8.78. The maximum Gasteiger partial charge on any atom is 0.228 e. The number of carbonyl (C=O) groups excluding carboxylic acids is 1. The Morgan fingerprint density at radius 3 is 2.61 bits per heavy atom. The van der Waals surface area contributed by atoms with Crippen LogP contribution in [0.1, 0.15) is 44.7 Å². The Hall–Kier alpha value is -2.33. The summed E-state index contributed by atoms with van der Waals surface area (Å²) < 4.78 is 5.80. The number of benzene rings is 2. The van der Waals surface area contributed by atoms with E-state index in [9.17, 15) is 4.79 Å². The first-order chi connectivity index (χ1) is 13.3. The van der Waals surface area contributed by atoms with Gasteiger partial charge in [-0.25, -0.2) is 0 Å². The van der Waals surface area contributed by atoms with Crippen LogP contribution >= 0.6 is 11.6 Å². The van der Waals surface area contributed by atoms with Gasteiger partial charge in [0.25, 0.3) is 0 Å². The highest BCUT2D eigenvalue weighted by Crippen LogP contribution is 2.24. The van der Waals surface area contributed by atoms with Crippen molar-refractivity contribution in [3.05, 3.63) is 64.7 Å². The molecule has 1 heterocycles. The fourth-order valence-electron chi connectivity index (χ4n) is 3.16. The monoisotopic (exact) mass is 398 g/mol. The number of hydrogen-bond donors (Lipinski definition) is 0. The molecule has 1 aliphatic rings. The van der Waals surface area contributed by atoms with Crippen LogP contribution in [-0.4, -0.2) is 36.3 Å². The van der Waals surface area contributed by atoms with Crippen molar-refractivity contribution in [3.8, 4) is 5.75 Å². The lowest BCUT2D eigenvalue weighted by molar-refractivity contribution is -0.127. The number of rotatable bonds is 6. The molecule has 0 fully saturated rings. The van der Waals surface area contributed by atoms with Crippen LogP contribution in [0.2, 0.25) is 5.02 Å². The maximum atomic E-state index is 12.6. The largest absolute Gasteiger partial charge is 0.494 e. The molecule has 0 saturated carbocycles. The minimum atomic E-state index is 0.0721. The third-order valence-corrected chi connectivity index (χ3v) is 4.98. The third-order valence-electron chi connectivity index (χ3n) is 4.75. The van der Waals surface area contributed by atoms with Crippen molar-refractivity contribution >= 4 is 23.3 Å². The molecule has 0 atom stereocenters. The first kappa shape index (κ1) is 20.4. The van der Waals surface area contributed by atoms with E-state index in [-0.39, 0.29) is 11.3 Å². The van der Waals surface area contributed by atoms with Gasteiger partial charge in [-0.15, -0.1) is 0 Å². The Morgan fingerprint density at radius 1 is 1.18 bits per heavy atom. The van der Waals surface area contributed by atoms with Gasteiger partial charge in [0.15, 0.2) is 0 Å². The molecule has 0 aliphatic carbocycles. The Bertz CT molecular complexity index is 854. The zero-order chi connectivity index (χ0) is 20.1. The Morgan fingerprint density at radius 2 is 1.93 bits per heavy atom. The summed E-state index contributed by atoms with van der Waals surface area (Å²) in [4.78, 5) is 18.9. The van der Waals surface area contributed by atoms with Crippen molar-refractivity contribution in [1.29, 1.82) is 0 Å². The molecule has 1 amide bonds. The summed E-state index contributed by atoms with van der Waals surface area (Å²) in [6, 6.07) is 15.6. The van der Waals surface area contributed by atoms with Crippen molar-refractivity contribution in [1.82, 2.24) is 4.90 Å². The predicted molar refractivity (Wildman–Crippen MR) is 114 cm³/mol. The Balaban J connectivity index is 1.48. The molecule has 28 heavy (non-hydrogen) atoms. The summed E-state index contributed by atoms with van der Waals surface area (Å²) in [5.74, 6) is 1.62. The highest BCUT2D eigenvalue weighted by atomic mass is 35.5. The van der Waals surface area contributed by atoms with Crippen LogP contribution < -0.4 is 4.74 Å². The van der Waals surface area contributed by atoms with E-state index < -0.39 is 0 Å². The number of amides is 1. The lowest BCUT2D eigenvalue weighted by Crippen LogP contribution is -2.34. The molecule has 2 aromatic rings. The third kappa shape index (κ3) is 5.14. The van der Waals surface area contributed by atoms with Crippen molar-refractivity contribution in [2.45, 2.75) is 39.0 Å². The topological polar surface area (TPSA) is 41.9 Å². The molecule has 0 saturated heterocycles. The van der Waals surface area contributed by atoms with E-state index in [4.69, 9.17) is 16.3 Å². The highest BCUT2D eigenvalue weighted by Gasteiger charge is 2.24. The van der Waals surface area contributed by atoms with Crippen molar-refractivity contribution < 1.29 is 9.53 Å². The second-order valence-electron chi connectivity index (χ2n) is 7.99. The number of amidine groups is 1. The molecule has 3 rings (SSSR count). The number of halogens is 1. The van der Waals surface area contributed by atoms with Gasteiger partial charge in [0, 0.05) is 23.6 Å². The summed E-state index contributed by atoms with van der Waals surface area (Å²) in [7, 11) is 0. The molecule has 4 nitrogen and oxygen atoms in total. The van der Waals surface area contributed by atoms with Gasteiger partial charge in [0.1, 0.15) is 11.6 Å². The van der Waals surface area contributed by atoms with Crippen molar-refractivity contribution in [3.63, 3.8) is 0 Å². The van der Waals surface area contributed by atoms with E-state index in [0.717, 1.165) is 11.3 Å². The second-order valence-corrected chi connectivity index (χ2v) is 8.42. The molecule has 148 valence electrons. The van der Waals surface area contributed by atoms with Crippen LogP contribution in [0.25, 0.3) is 0 Å². The molecular weight excluding hydrogens is 372 g/mol. The van der Waals surface area contributed by atoms with E-state index in [1.807, 2.05) is 36.4 Å². The molecule has 0 unspecified atom stereocenters. The average Bonchev–Trinajstić information content (AvgIpc) is 3.15. The fourth-order valence-corrected chi connectivity index (χ4v) is 3.35. The fraction of sp³-hybridized carbons (Fsp3) is 0.391. The van der Waals surface area contributed by atoms with E-state index in [1.165, 1.54) is 5.56 Å². The number of hydrogen-bond acceptors (Lipinski definition) is 3. The van der Waals surface area contributed by atoms with E-state index in [2.05, 4.69) is 37.9 Å². The van der Waals surface area contributed by atoms with E-state index in [0.29, 0.717) is 43.4 Å². The van der Waals surface area contributed by atoms with Gasteiger partial charge in [0.05, 0.1) is 13.2 Å². The zero-order valence-electron chi connectivity index (χ0n) is 16.7. The quantitative estimate of drug-likeness (QED) is 0.636. The van der Waals surface area contributed by atoms with Gasteiger partial charge in [-0.3, -0.25) is 14.7 Å². The predicted octanol–water partition coefficient (Wildman–Crippen LogP) is 5.09. The normalized spacial score (nSPS) is 14.1. The smallest absolute Gasteiger partial charge is 0.228 e. The SMILES string of the molecule is CC(C)(C)c1ccc(OCCCC(=O)N2CCN=C2c2cccc(Cl)c2)cc1. The summed E-state index contributed by atoms with van der Waals surface area (Å²) in [6.07, 6.45) is 1.10. The molecule has 0 aromatic heterocycles. The van der Waals surface area contributed by atoms with Gasteiger partial charge >= 0.3 is 0 Å². The van der Waals surface area contributed by atoms with Crippen LogP contribution in [0.4, 0.5) is 0 Å². The van der Waals surface area contributed by atoms with Crippen LogP contribution in [0, 0.1) is 0 Å². The number of aliphatic imine (C=N–C) groups is 1. The minimum Gasteiger partial charge on any atom is -0.494 e. The van der Waals surface area contributed by atoms with Crippen molar-refractivity contribution in [2.24, 2.45) is 4.99 Å². The first-order valence-corrected chi connectivity index (χ1v) is 10.1. The highest BCUT2D eigenvalue weighted by molar-refractivity contribution is 6.31. The summed E-state index contributed by atoms with van der Waals surface area (Å²) in [5, 5.41) is 0.644. The summed E-state index contributed by atoms with van der Waals surface area (Å²) >= 11 is 6.07. The van der Waals surface area contributed by atoms with Gasteiger partial charge in [-0.1, -0.05) is 56.6 Å². The standard InChI is InChI=1S/C23H27ClN2O2/c1-23(2,3)18-9-11-20(12-10-18)28-15-5-8-21(27)26-14-13-25-22(26)17-6-4-7-19(24)16-17/h4,6-7,9-12,16H,5,8,13-15H2,1-3H3. The first-order valence-electron chi connectivity index (χ1n) is 9.69. The lowest BCUT2D eigenvalue weighted by Gasteiger charge is -2.19. The molecule has 0 spiro atoms. The van der Waals surface area contributed by atoms with Crippen molar-refractivity contribution in [2.75, 3.05) is 19.7 Å². The van der Waals surface area contributed by atoms with Crippen LogP contribution in [0.5, 0.6) is 5.75 Å². The van der Waals surface area contributed by atoms with Crippen LogP contribution in [-0.2, 0) is 10.2 Å². The number of nitrogens with zero attached hydrogens (tertiary/aromatic N) is 2. The Labute approximate surface area is 172 Å². The number of ether oxygens (including phenoxy) is 1. The van der Waals surface area contributed by atoms with Gasteiger partial charge in [-0.2, -0.15) is 0 Å². The van der Waals surface area contributed by atoms with Gasteiger partial charge in [0.2, 0.25) is 5.91 Å².